The Morgan fingerprint density at radius 3 is 2.40 bits per heavy atom. The third kappa shape index (κ3) is 4.29. The number of likely N-dealkylation sites (N-methyl/N-ethyl adjacent to an activating group) is 1. The molecule has 2 amide bonds. The average Bonchev–Trinajstić information content (AvgIpc) is 3.24. The van der Waals surface area contributed by atoms with Gasteiger partial charge in [-0.3, -0.25) is 9.69 Å². The van der Waals surface area contributed by atoms with Crippen molar-refractivity contribution in [3.8, 4) is 0 Å². The molecule has 2 N–H and O–H groups in total. The molecule has 1 aliphatic heterocycles. The lowest BCUT2D eigenvalue weighted by atomic mass is 9.96. The molecule has 2 fully saturated rings. The van der Waals surface area contributed by atoms with Crippen LogP contribution in [0.2, 0.25) is 0 Å². The fraction of sp³-hybridized carbons (Fsp3) is 0.600. The Kier molecular flexibility index (Phi) is 6.37. The van der Waals surface area contributed by atoms with Crippen molar-refractivity contribution in [3.05, 3.63) is 30.1 Å². The van der Waals surface area contributed by atoms with Gasteiger partial charge in [0.05, 0.1) is 4.90 Å². The first-order chi connectivity index (χ1) is 14.0. The molecular formula is C20H28FN3O5S. The van der Waals surface area contributed by atoms with Gasteiger partial charge in [0.25, 0.3) is 0 Å². The number of nitrogens with zero attached hydrogens (tertiary/aromatic N) is 2. The van der Waals surface area contributed by atoms with Gasteiger partial charge in [-0.2, -0.15) is 4.31 Å². The van der Waals surface area contributed by atoms with Gasteiger partial charge >= 0.3 is 6.09 Å². The molecule has 4 atom stereocenters. The fourth-order valence-corrected chi connectivity index (χ4v) is 6.20. The summed E-state index contributed by atoms with van der Waals surface area (Å²) >= 11 is 0. The minimum absolute atomic E-state index is 0.0351. The summed E-state index contributed by atoms with van der Waals surface area (Å²) in [4.78, 5) is 25.2. The second kappa shape index (κ2) is 8.50. The molecule has 1 aromatic carbocycles. The number of carboxylic acid groups (broad SMARTS) is 1. The Hall–Kier alpha value is -2.20. The number of rotatable bonds is 6. The molecule has 1 aromatic rings. The van der Waals surface area contributed by atoms with Crippen molar-refractivity contribution in [2.24, 2.45) is 17.8 Å². The maximum atomic E-state index is 13.2. The molecule has 0 unspecified atom stereocenters. The molecule has 1 saturated heterocycles. The van der Waals surface area contributed by atoms with Gasteiger partial charge in [0.2, 0.25) is 15.9 Å². The molecule has 3 rings (SSSR count). The van der Waals surface area contributed by atoms with E-state index in [4.69, 9.17) is 0 Å². The molecule has 0 spiro atoms. The zero-order valence-corrected chi connectivity index (χ0v) is 18.1. The van der Waals surface area contributed by atoms with E-state index in [0.29, 0.717) is 6.54 Å². The Morgan fingerprint density at radius 1 is 1.20 bits per heavy atom. The largest absolute Gasteiger partial charge is 0.465 e. The number of hydrogen-bond acceptors (Lipinski definition) is 4. The number of halogens is 1. The Balaban J connectivity index is 1.70. The molecular weight excluding hydrogens is 413 g/mol. The van der Waals surface area contributed by atoms with E-state index in [-0.39, 0.29) is 41.1 Å². The second-order valence-electron chi connectivity index (χ2n) is 8.47. The molecule has 1 aliphatic carbocycles. The number of hydrogen-bond donors (Lipinski definition) is 2. The van der Waals surface area contributed by atoms with Crippen LogP contribution in [-0.4, -0.2) is 67.0 Å². The number of benzene rings is 1. The van der Waals surface area contributed by atoms with Crippen LogP contribution in [-0.2, 0) is 14.8 Å². The summed E-state index contributed by atoms with van der Waals surface area (Å²) in [6.07, 6.45) is 0.338. The highest BCUT2D eigenvalue weighted by Gasteiger charge is 2.47. The topological polar surface area (TPSA) is 107 Å². The smallest absolute Gasteiger partial charge is 0.407 e. The fourth-order valence-electron chi connectivity index (χ4n) is 4.67. The summed E-state index contributed by atoms with van der Waals surface area (Å²) < 4.78 is 40.4. The third-order valence-electron chi connectivity index (χ3n) is 6.22. The van der Waals surface area contributed by atoms with Crippen LogP contribution in [0.25, 0.3) is 0 Å². The van der Waals surface area contributed by atoms with Gasteiger partial charge in [0.15, 0.2) is 0 Å². The van der Waals surface area contributed by atoms with Crippen molar-refractivity contribution < 1.29 is 27.5 Å². The van der Waals surface area contributed by atoms with Gasteiger partial charge in [-0.1, -0.05) is 13.8 Å². The molecule has 30 heavy (non-hydrogen) atoms. The number of fused-ring (bicyclic) bond motifs is 1. The van der Waals surface area contributed by atoms with Crippen LogP contribution in [0.15, 0.2) is 29.2 Å². The van der Waals surface area contributed by atoms with Gasteiger partial charge in [-0.25, -0.2) is 17.6 Å². The molecule has 1 heterocycles. The first-order valence-electron chi connectivity index (χ1n) is 10.0. The van der Waals surface area contributed by atoms with E-state index in [1.807, 2.05) is 0 Å². The van der Waals surface area contributed by atoms with Crippen molar-refractivity contribution >= 4 is 22.0 Å². The van der Waals surface area contributed by atoms with Crippen molar-refractivity contribution in [2.45, 2.75) is 43.7 Å². The van der Waals surface area contributed by atoms with Crippen molar-refractivity contribution in [3.63, 3.8) is 0 Å². The van der Waals surface area contributed by atoms with Crippen LogP contribution in [0.5, 0.6) is 0 Å². The normalized spacial score (nSPS) is 25.2. The van der Waals surface area contributed by atoms with E-state index < -0.39 is 28.0 Å². The standard InChI is InChI=1S/C20H28FN3O5S/c1-12(2)18(23(3)20(26)27)19(25)22-17-9-4-13-10-24(11-16(13)17)30(28,29)15-7-5-14(21)6-8-15/h5-8,12-13,16-18H,4,9-11H2,1-3H3,(H,22,25)(H,26,27)/t13-,16+,17+,18-/m0/s1. The van der Waals surface area contributed by atoms with E-state index in [1.54, 1.807) is 13.8 Å². The third-order valence-corrected chi connectivity index (χ3v) is 8.07. The molecule has 10 heteroatoms. The summed E-state index contributed by atoms with van der Waals surface area (Å²) in [6.45, 7) is 4.21. The molecule has 0 aromatic heterocycles. The molecule has 0 bridgehead atoms. The van der Waals surface area contributed by atoms with Crippen molar-refractivity contribution in [1.29, 1.82) is 0 Å². The Morgan fingerprint density at radius 2 is 1.83 bits per heavy atom. The minimum Gasteiger partial charge on any atom is -0.465 e. The highest BCUT2D eigenvalue weighted by molar-refractivity contribution is 7.89. The van der Waals surface area contributed by atoms with E-state index in [9.17, 15) is 27.5 Å². The zero-order valence-electron chi connectivity index (χ0n) is 17.3. The van der Waals surface area contributed by atoms with Gasteiger partial charge in [0.1, 0.15) is 11.9 Å². The predicted octanol–water partition coefficient (Wildman–Crippen LogP) is 1.98. The van der Waals surface area contributed by atoms with Crippen LogP contribution in [0, 0.1) is 23.6 Å². The molecule has 166 valence electrons. The van der Waals surface area contributed by atoms with Crippen molar-refractivity contribution in [1.82, 2.24) is 14.5 Å². The van der Waals surface area contributed by atoms with Crippen molar-refractivity contribution in [2.75, 3.05) is 20.1 Å². The number of carbonyl (C=O) groups is 2. The van der Waals surface area contributed by atoms with Crippen LogP contribution in [0.1, 0.15) is 26.7 Å². The second-order valence-corrected chi connectivity index (χ2v) is 10.4. The Labute approximate surface area is 176 Å². The van der Waals surface area contributed by atoms with Crippen LogP contribution < -0.4 is 5.32 Å². The first-order valence-corrected chi connectivity index (χ1v) is 11.5. The van der Waals surface area contributed by atoms with E-state index in [0.717, 1.165) is 29.9 Å². The minimum atomic E-state index is -3.74. The summed E-state index contributed by atoms with van der Waals surface area (Å²) in [5.41, 5.74) is 0. The van der Waals surface area contributed by atoms with Crippen LogP contribution in [0.3, 0.4) is 0 Å². The van der Waals surface area contributed by atoms with Crippen LogP contribution >= 0.6 is 0 Å². The van der Waals surface area contributed by atoms with Gasteiger partial charge < -0.3 is 10.4 Å². The van der Waals surface area contributed by atoms with E-state index in [1.165, 1.54) is 23.5 Å². The molecule has 2 aliphatic rings. The first kappa shape index (κ1) is 22.5. The van der Waals surface area contributed by atoms with Gasteiger partial charge in [-0.15, -0.1) is 0 Å². The highest BCUT2D eigenvalue weighted by atomic mass is 32.2. The summed E-state index contributed by atoms with van der Waals surface area (Å²) in [7, 11) is -2.36. The SMILES string of the molecule is CC(C)[C@@H](C(=O)N[C@@H]1CC[C@H]2CN(S(=O)(=O)c3ccc(F)cc3)C[C@H]21)N(C)C(=O)O. The molecule has 8 nitrogen and oxygen atoms in total. The highest BCUT2D eigenvalue weighted by Crippen LogP contribution is 2.40. The van der Waals surface area contributed by atoms with E-state index in [2.05, 4.69) is 5.32 Å². The lowest BCUT2D eigenvalue weighted by Gasteiger charge is -2.30. The summed E-state index contributed by atoms with van der Waals surface area (Å²) in [6, 6.07) is 3.73. The zero-order chi connectivity index (χ0) is 22.2. The quantitative estimate of drug-likeness (QED) is 0.702. The van der Waals surface area contributed by atoms with Gasteiger partial charge in [-0.05, 0) is 54.9 Å². The van der Waals surface area contributed by atoms with E-state index >= 15 is 0 Å². The lowest BCUT2D eigenvalue weighted by molar-refractivity contribution is -0.127. The lowest BCUT2D eigenvalue weighted by Crippen LogP contribution is -2.53. The van der Waals surface area contributed by atoms with Gasteiger partial charge in [0, 0.05) is 26.2 Å². The van der Waals surface area contributed by atoms with Crippen LogP contribution in [0.4, 0.5) is 9.18 Å². The summed E-state index contributed by atoms with van der Waals surface area (Å²) in [5, 5.41) is 12.2. The molecule has 1 saturated carbocycles. The monoisotopic (exact) mass is 441 g/mol. The Bertz CT molecular complexity index is 906. The predicted molar refractivity (Wildman–Crippen MR) is 108 cm³/mol. The number of carbonyl (C=O) groups excluding carboxylic acids is 1. The number of nitrogens with one attached hydrogen (secondary N) is 1. The average molecular weight is 442 g/mol. The number of sulfonamides is 1. The molecule has 0 radical (unpaired) electrons. The number of amides is 2. The summed E-state index contributed by atoms with van der Waals surface area (Å²) in [5.74, 6) is -0.976. The maximum Gasteiger partial charge on any atom is 0.407 e. The maximum absolute atomic E-state index is 13.2.